The van der Waals surface area contributed by atoms with Gasteiger partial charge in [-0.05, 0) is 87.4 Å². The molecular formula is C30H35F5N2O5S. The number of benzene rings is 2. The molecule has 43 heavy (non-hydrogen) atoms. The third-order valence-electron chi connectivity index (χ3n) is 8.98. The molecule has 236 valence electrons. The normalized spacial score (nSPS) is 21.8. The third kappa shape index (κ3) is 6.53. The number of hydrogen-bond acceptors (Lipinski definition) is 6. The molecule has 7 nitrogen and oxygen atoms in total. The van der Waals surface area contributed by atoms with Gasteiger partial charge in [0, 0.05) is 31.3 Å². The lowest BCUT2D eigenvalue weighted by molar-refractivity contribution is -0.0484. The monoisotopic (exact) mass is 630 g/mol. The summed E-state index contributed by atoms with van der Waals surface area (Å²) in [6.45, 7) is 1.58. The molecule has 0 bridgehead atoms. The second-order valence-electron chi connectivity index (χ2n) is 11.9. The molecule has 0 unspecified atom stereocenters. The van der Waals surface area contributed by atoms with E-state index in [-0.39, 0.29) is 60.9 Å². The number of nitrogens with zero attached hydrogens (tertiary/aromatic N) is 2. The highest BCUT2D eigenvalue weighted by Crippen LogP contribution is 2.47. The summed E-state index contributed by atoms with van der Waals surface area (Å²) in [4.78, 5) is 15.9. The number of rotatable bonds is 8. The first-order valence-electron chi connectivity index (χ1n) is 14.5. The van der Waals surface area contributed by atoms with Crippen molar-refractivity contribution in [3.8, 4) is 16.9 Å². The summed E-state index contributed by atoms with van der Waals surface area (Å²) >= 11 is 0. The van der Waals surface area contributed by atoms with Crippen molar-refractivity contribution in [1.29, 1.82) is 0 Å². The lowest BCUT2D eigenvalue weighted by Crippen LogP contribution is -2.58. The van der Waals surface area contributed by atoms with Crippen molar-refractivity contribution in [3.05, 3.63) is 53.6 Å². The second kappa shape index (κ2) is 12.3. The first kappa shape index (κ1) is 31.6. The Kier molecular flexibility index (Phi) is 9.06. The predicted octanol–water partition coefficient (Wildman–Crippen LogP) is 5.18. The second-order valence-corrected chi connectivity index (χ2v) is 14.2. The van der Waals surface area contributed by atoms with E-state index in [4.69, 9.17) is 4.74 Å². The highest BCUT2D eigenvalue weighted by molar-refractivity contribution is 7.93. The number of ether oxygens (including phenoxy) is 1. The fourth-order valence-corrected chi connectivity index (χ4v) is 7.92. The maximum Gasteiger partial charge on any atom is 0.497 e. The molecule has 1 saturated carbocycles. The minimum absolute atomic E-state index is 0.0119. The van der Waals surface area contributed by atoms with Gasteiger partial charge in [-0.15, -0.1) is 0 Å². The van der Waals surface area contributed by atoms with Gasteiger partial charge in [0.15, 0.2) is 0 Å². The third-order valence-corrected chi connectivity index (χ3v) is 11.3. The summed E-state index contributed by atoms with van der Waals surface area (Å²) < 4.78 is 98.0. The van der Waals surface area contributed by atoms with Crippen molar-refractivity contribution in [2.24, 2.45) is 5.92 Å². The molecule has 2 aromatic rings. The molecular weight excluding hydrogens is 595 g/mol. The Morgan fingerprint density at radius 3 is 2.28 bits per heavy atom. The number of β-amino-alcohol motifs (C(OH)–C–C–N with tert-alkyl or cyclic N) is 1. The Balaban J connectivity index is 1.14. The number of carbonyl (C=O) groups is 1. The van der Waals surface area contributed by atoms with Crippen molar-refractivity contribution in [2.45, 2.75) is 61.3 Å². The summed E-state index contributed by atoms with van der Waals surface area (Å²) in [5.74, 6) is -1.61. The molecule has 1 N–H and O–H groups in total. The number of halogens is 5. The largest absolute Gasteiger partial charge is 0.497 e. The number of aliphatic hydroxyl groups excluding tert-OH is 1. The van der Waals surface area contributed by atoms with Crippen LogP contribution in [0.4, 0.5) is 22.0 Å². The zero-order valence-corrected chi connectivity index (χ0v) is 24.4. The molecule has 2 heterocycles. The van der Waals surface area contributed by atoms with Crippen LogP contribution in [0.3, 0.4) is 0 Å². The van der Waals surface area contributed by atoms with Gasteiger partial charge in [0.2, 0.25) is 0 Å². The van der Waals surface area contributed by atoms with E-state index in [1.807, 2.05) is 0 Å². The first-order valence-corrected chi connectivity index (χ1v) is 16.0. The van der Waals surface area contributed by atoms with E-state index in [2.05, 4.69) is 0 Å². The van der Waals surface area contributed by atoms with Crippen molar-refractivity contribution in [2.75, 3.05) is 39.3 Å². The molecule has 0 radical (unpaired) electrons. The van der Waals surface area contributed by atoms with Gasteiger partial charge >= 0.3 is 5.51 Å². The fourth-order valence-electron chi connectivity index (χ4n) is 6.25. The first-order chi connectivity index (χ1) is 20.3. The number of sulfone groups is 1. The highest BCUT2D eigenvalue weighted by atomic mass is 32.2. The van der Waals surface area contributed by atoms with Gasteiger partial charge in [-0.3, -0.25) is 4.79 Å². The lowest BCUT2D eigenvalue weighted by atomic mass is 9.83. The molecule has 2 saturated heterocycles. The maximum atomic E-state index is 15.0. The number of aliphatic hydroxyl groups is 1. The average molecular weight is 631 g/mol. The van der Waals surface area contributed by atoms with Crippen molar-refractivity contribution < 1.29 is 45.0 Å². The molecule has 0 spiro atoms. The number of piperidine rings is 2. The molecule has 1 aliphatic carbocycles. The lowest BCUT2D eigenvalue weighted by Gasteiger charge is -2.45. The predicted molar refractivity (Wildman–Crippen MR) is 149 cm³/mol. The van der Waals surface area contributed by atoms with E-state index in [1.54, 1.807) is 11.0 Å². The van der Waals surface area contributed by atoms with Crippen LogP contribution in [0.2, 0.25) is 0 Å². The maximum absolute atomic E-state index is 15.0. The van der Waals surface area contributed by atoms with Crippen LogP contribution in [0.15, 0.2) is 36.4 Å². The van der Waals surface area contributed by atoms with Crippen LogP contribution in [0.25, 0.3) is 11.1 Å². The Morgan fingerprint density at radius 1 is 0.977 bits per heavy atom. The number of likely N-dealkylation sites (tertiary alicyclic amines) is 2. The van der Waals surface area contributed by atoms with Gasteiger partial charge < -0.3 is 19.6 Å². The van der Waals surface area contributed by atoms with E-state index in [0.717, 1.165) is 6.07 Å². The summed E-state index contributed by atoms with van der Waals surface area (Å²) in [5.41, 5.74) is -5.03. The average Bonchev–Trinajstić information content (AvgIpc) is 2.93. The summed E-state index contributed by atoms with van der Waals surface area (Å²) in [6.07, 6.45) is 2.26. The highest BCUT2D eigenvalue weighted by Gasteiger charge is 2.62. The Hall–Kier alpha value is -2.77. The van der Waals surface area contributed by atoms with Gasteiger partial charge in [0.1, 0.15) is 17.4 Å². The van der Waals surface area contributed by atoms with E-state index in [9.17, 15) is 35.9 Å². The van der Waals surface area contributed by atoms with E-state index < -0.39 is 43.7 Å². The molecule has 1 amide bonds. The van der Waals surface area contributed by atoms with Crippen molar-refractivity contribution in [1.82, 2.24) is 9.80 Å². The molecule has 13 heteroatoms. The van der Waals surface area contributed by atoms with Gasteiger partial charge in [-0.2, -0.15) is 13.2 Å². The smallest absolute Gasteiger partial charge is 0.493 e. The topological polar surface area (TPSA) is 87.2 Å². The summed E-state index contributed by atoms with van der Waals surface area (Å²) in [6, 6.07) is 8.10. The van der Waals surface area contributed by atoms with E-state index >= 15 is 4.39 Å². The molecule has 1 atom stereocenters. The number of carbonyl (C=O) groups excluding carboxylic acids is 1. The number of hydrogen-bond donors (Lipinski definition) is 1. The SMILES string of the molecule is O=C(c1ccc(-c2ccc(OCC3CCN(CC4(S(=O)(=O)C(F)(F)F)CCC4)CC3)cc2F)cc1F)N1CCC[C@@H](O)C1. The standard InChI is InChI=1S/C30H35F5N2O5S/c31-26-15-21(4-6-25(26)28(39)37-12-1-3-22(38)17-37)24-7-5-23(16-27(24)32)42-18-20-8-13-36(14-9-20)19-29(10-2-11-29)43(40,41)30(33,34)35/h4-7,15-16,20,22,38H,1-3,8-14,17-19H2/t22-/m1/s1. The van der Waals surface area contributed by atoms with Crippen LogP contribution >= 0.6 is 0 Å². The fraction of sp³-hybridized carbons (Fsp3) is 0.567. The van der Waals surface area contributed by atoms with E-state index in [1.165, 1.54) is 29.2 Å². The molecule has 2 aliphatic heterocycles. The zero-order chi connectivity index (χ0) is 31.0. The molecule has 2 aromatic carbocycles. The zero-order valence-electron chi connectivity index (χ0n) is 23.6. The van der Waals surface area contributed by atoms with Gasteiger partial charge in [-0.25, -0.2) is 17.2 Å². The van der Waals surface area contributed by atoms with Crippen LogP contribution in [0, 0.1) is 17.6 Å². The van der Waals surface area contributed by atoms with Crippen LogP contribution < -0.4 is 4.74 Å². The van der Waals surface area contributed by atoms with Crippen LogP contribution in [-0.2, 0) is 9.84 Å². The van der Waals surface area contributed by atoms with E-state index in [0.29, 0.717) is 51.7 Å². The van der Waals surface area contributed by atoms with Crippen LogP contribution in [0.5, 0.6) is 5.75 Å². The Labute approximate surface area is 247 Å². The summed E-state index contributed by atoms with van der Waals surface area (Å²) in [7, 11) is -5.25. The molecule has 3 aliphatic rings. The number of alkyl halides is 3. The van der Waals surface area contributed by atoms with Gasteiger partial charge in [-0.1, -0.05) is 12.5 Å². The van der Waals surface area contributed by atoms with Crippen molar-refractivity contribution >= 4 is 15.7 Å². The quantitative estimate of drug-likeness (QED) is 0.405. The summed E-state index contributed by atoms with van der Waals surface area (Å²) in [5, 5.41) is 9.82. The van der Waals surface area contributed by atoms with Gasteiger partial charge in [0.05, 0.1) is 23.0 Å². The molecule has 0 aromatic heterocycles. The number of amides is 1. The van der Waals surface area contributed by atoms with Crippen LogP contribution in [-0.4, -0.2) is 84.9 Å². The van der Waals surface area contributed by atoms with Gasteiger partial charge in [0.25, 0.3) is 15.7 Å². The molecule has 5 rings (SSSR count). The van der Waals surface area contributed by atoms with Crippen molar-refractivity contribution in [3.63, 3.8) is 0 Å². The minimum Gasteiger partial charge on any atom is -0.493 e. The Bertz CT molecular complexity index is 1440. The molecule has 3 fully saturated rings. The van der Waals surface area contributed by atoms with Crippen LogP contribution in [0.1, 0.15) is 55.3 Å². The minimum atomic E-state index is -5.26. The Morgan fingerprint density at radius 2 is 1.70 bits per heavy atom.